The van der Waals surface area contributed by atoms with Gasteiger partial charge >= 0.3 is 0 Å². The minimum atomic E-state index is -0.151. The summed E-state index contributed by atoms with van der Waals surface area (Å²) in [6.07, 6.45) is 1.07. The Hall–Kier alpha value is -1.59. The second-order valence-corrected chi connectivity index (χ2v) is 7.31. The molecule has 0 radical (unpaired) electrons. The van der Waals surface area contributed by atoms with Gasteiger partial charge in [0.05, 0.1) is 0 Å². The summed E-state index contributed by atoms with van der Waals surface area (Å²) in [6, 6.07) is 6.90. The van der Waals surface area contributed by atoms with Gasteiger partial charge in [-0.05, 0) is 36.6 Å². The molecule has 0 aliphatic carbocycles. The van der Waals surface area contributed by atoms with Gasteiger partial charge in [-0.2, -0.15) is 0 Å². The third-order valence-corrected chi connectivity index (χ3v) is 3.44. The summed E-state index contributed by atoms with van der Waals surface area (Å²) in [5.74, 6) is -0.217. The van der Waals surface area contributed by atoms with Crippen molar-refractivity contribution in [2.75, 3.05) is 33.2 Å². The van der Waals surface area contributed by atoms with Crippen LogP contribution < -0.4 is 10.6 Å². The molecule has 2 amide bonds. The molecule has 0 aromatic heterocycles. The Morgan fingerprint density at radius 2 is 1.72 bits per heavy atom. The number of hydrogen-bond acceptors (Lipinski definition) is 3. The van der Waals surface area contributed by atoms with Crippen molar-refractivity contribution in [3.05, 3.63) is 35.4 Å². The molecule has 0 bridgehead atoms. The molecule has 0 atom stereocenters. The summed E-state index contributed by atoms with van der Waals surface area (Å²) in [4.78, 5) is 26.4. The first-order chi connectivity index (χ1) is 11.2. The lowest BCUT2D eigenvalue weighted by Gasteiger charge is -2.26. The van der Waals surface area contributed by atoms with Crippen LogP contribution in [0.25, 0.3) is 0 Å². The highest BCUT2D eigenvalue weighted by atomic mass is 35.5. The molecule has 0 aliphatic heterocycles. The van der Waals surface area contributed by atoms with Crippen LogP contribution in [0.15, 0.2) is 24.3 Å². The van der Waals surface area contributed by atoms with Gasteiger partial charge in [-0.15, -0.1) is 12.4 Å². The van der Waals surface area contributed by atoms with E-state index < -0.39 is 0 Å². The Morgan fingerprint density at radius 1 is 1.08 bits per heavy atom. The zero-order chi connectivity index (χ0) is 18.2. The first-order valence-electron chi connectivity index (χ1n) is 8.59. The summed E-state index contributed by atoms with van der Waals surface area (Å²) in [6.45, 7) is 11.3. The molecule has 2 N–H and O–H groups in total. The van der Waals surface area contributed by atoms with Gasteiger partial charge in [-0.1, -0.05) is 33.8 Å². The van der Waals surface area contributed by atoms with Crippen molar-refractivity contribution >= 4 is 24.2 Å². The van der Waals surface area contributed by atoms with Crippen molar-refractivity contribution in [3.8, 4) is 0 Å². The van der Waals surface area contributed by atoms with Crippen LogP contribution in [-0.4, -0.2) is 49.9 Å². The number of benzene rings is 1. The molecular formula is C19H32ClN3O2. The highest BCUT2D eigenvalue weighted by molar-refractivity contribution is 5.99. The molecule has 1 rings (SSSR count). The summed E-state index contributed by atoms with van der Waals surface area (Å²) in [5, 5.41) is 6.10. The zero-order valence-electron chi connectivity index (χ0n) is 16.0. The van der Waals surface area contributed by atoms with E-state index >= 15 is 0 Å². The van der Waals surface area contributed by atoms with Gasteiger partial charge in [0, 0.05) is 37.8 Å². The van der Waals surface area contributed by atoms with E-state index in [1.807, 2.05) is 0 Å². The van der Waals surface area contributed by atoms with Crippen LogP contribution in [0.3, 0.4) is 0 Å². The van der Waals surface area contributed by atoms with Gasteiger partial charge in [0.1, 0.15) is 0 Å². The second-order valence-electron chi connectivity index (χ2n) is 7.31. The predicted molar refractivity (Wildman–Crippen MR) is 106 cm³/mol. The quantitative estimate of drug-likeness (QED) is 0.692. The molecule has 6 heteroatoms. The van der Waals surface area contributed by atoms with Crippen LogP contribution in [0.4, 0.5) is 0 Å². The monoisotopic (exact) mass is 369 g/mol. The molecule has 0 fully saturated rings. The zero-order valence-corrected chi connectivity index (χ0v) is 16.8. The molecule has 1 aromatic carbocycles. The summed E-state index contributed by atoms with van der Waals surface area (Å²) in [7, 11) is 1.79. The second kappa shape index (κ2) is 11.1. The lowest BCUT2D eigenvalue weighted by atomic mass is 9.96. The Morgan fingerprint density at radius 3 is 2.32 bits per heavy atom. The number of hydrogen-bond donors (Lipinski definition) is 2. The van der Waals surface area contributed by atoms with Gasteiger partial charge in [-0.25, -0.2) is 0 Å². The van der Waals surface area contributed by atoms with Crippen molar-refractivity contribution in [1.29, 1.82) is 0 Å². The normalized spacial score (nSPS) is 10.8. The molecule has 0 heterocycles. The lowest BCUT2D eigenvalue weighted by Crippen LogP contribution is -2.35. The fraction of sp³-hybridized carbons (Fsp3) is 0.579. The maximum atomic E-state index is 12.5. The molecule has 1 aromatic rings. The van der Waals surface area contributed by atoms with E-state index in [-0.39, 0.29) is 29.6 Å². The molecule has 0 saturated heterocycles. The van der Waals surface area contributed by atoms with Crippen molar-refractivity contribution < 1.29 is 9.59 Å². The average Bonchev–Trinajstić information content (AvgIpc) is 2.52. The van der Waals surface area contributed by atoms with Gasteiger partial charge in [-0.3, -0.25) is 9.59 Å². The van der Waals surface area contributed by atoms with E-state index in [1.165, 1.54) is 0 Å². The van der Waals surface area contributed by atoms with E-state index in [9.17, 15) is 9.59 Å². The number of nitrogens with zero attached hydrogens (tertiary/aromatic N) is 1. The summed E-state index contributed by atoms with van der Waals surface area (Å²) < 4.78 is 0. The molecule has 0 aliphatic rings. The van der Waals surface area contributed by atoms with E-state index in [4.69, 9.17) is 0 Å². The molecule has 25 heavy (non-hydrogen) atoms. The molecular weight excluding hydrogens is 338 g/mol. The Bertz CT molecular complexity index is 556. The number of amides is 2. The summed E-state index contributed by atoms with van der Waals surface area (Å²) >= 11 is 0. The van der Waals surface area contributed by atoms with E-state index in [2.05, 4.69) is 38.3 Å². The first-order valence-corrected chi connectivity index (χ1v) is 8.59. The fourth-order valence-electron chi connectivity index (χ4n) is 2.47. The molecule has 5 nitrogen and oxygen atoms in total. The Kier molecular flexibility index (Phi) is 10.4. The van der Waals surface area contributed by atoms with Crippen molar-refractivity contribution in [3.63, 3.8) is 0 Å². The van der Waals surface area contributed by atoms with Gasteiger partial charge in [0.2, 0.25) is 0 Å². The largest absolute Gasteiger partial charge is 0.351 e. The smallest absolute Gasteiger partial charge is 0.253 e. The SMILES string of the molecule is CCCNCCNC(=O)c1cccc(C(=O)N(C)CC(C)(C)C)c1.Cl. The Balaban J connectivity index is 0.00000576. The first kappa shape index (κ1) is 23.4. The lowest BCUT2D eigenvalue weighted by molar-refractivity contribution is 0.0745. The minimum absolute atomic E-state index is 0. The van der Waals surface area contributed by atoms with Gasteiger partial charge < -0.3 is 15.5 Å². The van der Waals surface area contributed by atoms with E-state index in [1.54, 1.807) is 36.2 Å². The third-order valence-electron chi connectivity index (χ3n) is 3.44. The van der Waals surface area contributed by atoms with Crippen LogP contribution in [0.2, 0.25) is 0 Å². The number of halogens is 1. The van der Waals surface area contributed by atoms with Crippen molar-refractivity contribution in [1.82, 2.24) is 15.5 Å². The predicted octanol–water partition coefficient (Wildman–Crippen LogP) is 2.96. The van der Waals surface area contributed by atoms with Gasteiger partial charge in [0.15, 0.2) is 0 Å². The van der Waals surface area contributed by atoms with E-state index in [0.29, 0.717) is 24.2 Å². The number of carbonyl (C=O) groups excluding carboxylic acids is 2. The van der Waals surface area contributed by atoms with Crippen LogP contribution in [0, 0.1) is 5.41 Å². The fourth-order valence-corrected chi connectivity index (χ4v) is 2.47. The molecule has 0 saturated carbocycles. The highest BCUT2D eigenvalue weighted by Crippen LogP contribution is 2.16. The number of carbonyl (C=O) groups is 2. The Labute approximate surface area is 158 Å². The maximum absolute atomic E-state index is 12.5. The van der Waals surface area contributed by atoms with Crippen LogP contribution >= 0.6 is 12.4 Å². The molecule has 0 spiro atoms. The number of nitrogens with one attached hydrogen (secondary N) is 2. The van der Waals surface area contributed by atoms with Crippen LogP contribution in [-0.2, 0) is 0 Å². The third kappa shape index (κ3) is 8.89. The molecule has 142 valence electrons. The maximum Gasteiger partial charge on any atom is 0.253 e. The summed E-state index contributed by atoms with van der Waals surface area (Å²) in [5.41, 5.74) is 1.09. The average molecular weight is 370 g/mol. The van der Waals surface area contributed by atoms with E-state index in [0.717, 1.165) is 19.5 Å². The topological polar surface area (TPSA) is 61.4 Å². The minimum Gasteiger partial charge on any atom is -0.351 e. The standard InChI is InChI=1S/C19H31N3O2.ClH/c1-6-10-20-11-12-21-17(23)15-8-7-9-16(13-15)18(24)22(5)14-19(2,3)4;/h7-9,13,20H,6,10-12,14H2,1-5H3,(H,21,23);1H. The van der Waals surface area contributed by atoms with Crippen LogP contribution in [0.5, 0.6) is 0 Å². The van der Waals surface area contributed by atoms with Crippen molar-refractivity contribution in [2.24, 2.45) is 5.41 Å². The van der Waals surface area contributed by atoms with Crippen LogP contribution in [0.1, 0.15) is 54.8 Å². The highest BCUT2D eigenvalue weighted by Gasteiger charge is 2.19. The van der Waals surface area contributed by atoms with Crippen molar-refractivity contribution in [2.45, 2.75) is 34.1 Å². The number of rotatable bonds is 8. The van der Waals surface area contributed by atoms with Gasteiger partial charge in [0.25, 0.3) is 11.8 Å². The molecule has 0 unspecified atom stereocenters.